The number of nitrogens with one attached hydrogen (secondary N) is 1. The second kappa shape index (κ2) is 16.7. The zero-order valence-corrected chi connectivity index (χ0v) is 34.4. The molecule has 0 bridgehead atoms. The Balaban J connectivity index is 1.44. The maximum Gasteiger partial charge on any atom is 0.264 e. The first-order valence-electron chi connectivity index (χ1n) is 19.7. The molecule has 3 aromatic rings. The molecule has 0 aromatic heterocycles. The lowest BCUT2D eigenvalue weighted by Crippen LogP contribution is -2.52. The average Bonchev–Trinajstić information content (AvgIpc) is 3.84. The molecule has 0 saturated carbocycles. The van der Waals surface area contributed by atoms with Crippen LogP contribution in [-0.2, 0) is 19.9 Å². The number of benzene rings is 3. The molecule has 55 heavy (non-hydrogen) atoms. The Hall–Kier alpha value is -4.51. The highest BCUT2D eigenvalue weighted by Gasteiger charge is 2.66. The third-order valence-electron chi connectivity index (χ3n) is 12.1. The second-order valence-corrected chi connectivity index (χ2v) is 21.0. The Morgan fingerprint density at radius 1 is 1.04 bits per heavy atom. The van der Waals surface area contributed by atoms with Gasteiger partial charge in [0.1, 0.15) is 5.75 Å². The van der Waals surface area contributed by atoms with Crippen LogP contribution in [0.25, 0.3) is 0 Å². The molecule has 3 heterocycles. The molecule has 3 aliphatic rings. The number of amides is 3. The van der Waals surface area contributed by atoms with Crippen molar-refractivity contribution in [3.05, 3.63) is 107 Å². The molecule has 2 N–H and O–H groups in total. The van der Waals surface area contributed by atoms with Gasteiger partial charge >= 0.3 is 0 Å². The van der Waals surface area contributed by atoms with E-state index in [9.17, 15) is 14.7 Å². The van der Waals surface area contributed by atoms with Crippen LogP contribution in [0, 0.1) is 5.92 Å². The third kappa shape index (κ3) is 7.95. The zero-order chi connectivity index (χ0) is 39.5. The highest BCUT2D eigenvalue weighted by molar-refractivity contribution is 6.91. The molecule has 3 amide bonds. The zero-order valence-electron chi connectivity index (χ0n) is 33.4. The minimum atomic E-state index is -2.51. The number of nitrogens with zero attached hydrogens (tertiary/aromatic N) is 2. The number of carbonyl (C=O) groups is 3. The van der Waals surface area contributed by atoms with Crippen LogP contribution in [0.15, 0.2) is 96.1 Å². The average molecular weight is 764 g/mol. The van der Waals surface area contributed by atoms with E-state index in [1.807, 2.05) is 53.4 Å². The Kier molecular flexibility index (Phi) is 12.2. The maximum atomic E-state index is 15.3. The maximum absolute atomic E-state index is 15.3. The number of ether oxygens (including phenoxy) is 2. The van der Waals surface area contributed by atoms with E-state index in [0.29, 0.717) is 29.9 Å². The summed E-state index contributed by atoms with van der Waals surface area (Å²) in [4.78, 5) is 46.4. The second-order valence-electron chi connectivity index (χ2n) is 16.3. The first kappa shape index (κ1) is 40.2. The summed E-state index contributed by atoms with van der Waals surface area (Å²) in [6.07, 6.45) is 7.33. The third-order valence-corrected chi connectivity index (χ3v) is 16.5. The standard InChI is InChI=1S/C45H57N3O6Si/c1-30(2)13-11-14-31(3)24-26-48-39-23-18-34(46-43(51)33-15-9-8-10-16-33)27-38(39)45(44(48)52)32(4)42(55(6,7)37-21-19-36(53-5)20-22-37)40(54-45)28-41(50)47-25-12-17-35(47)29-49/h8-10,13,15-16,18-24,27,32,35,40,42,49H,11-12,14,17,25-26,28-29H2,1-7H3,(H,46,51)/b31-24+/t32-,35+,40+,42-,45+/m1/s1. The van der Waals surface area contributed by atoms with Crippen molar-refractivity contribution in [1.82, 2.24) is 4.90 Å². The summed E-state index contributed by atoms with van der Waals surface area (Å²) in [5.41, 5.74) is 3.50. The van der Waals surface area contributed by atoms with Gasteiger partial charge < -0.3 is 29.7 Å². The lowest BCUT2D eigenvalue weighted by Gasteiger charge is -2.37. The highest BCUT2D eigenvalue weighted by Crippen LogP contribution is 2.60. The van der Waals surface area contributed by atoms with E-state index >= 15 is 4.79 Å². The lowest BCUT2D eigenvalue weighted by atomic mass is 9.82. The summed E-state index contributed by atoms with van der Waals surface area (Å²) in [5, 5.41) is 14.3. The van der Waals surface area contributed by atoms with Gasteiger partial charge in [-0.15, -0.1) is 0 Å². The molecule has 10 heteroatoms. The summed E-state index contributed by atoms with van der Waals surface area (Å²) in [5.74, 6) is -0.00770. The molecule has 1 spiro atoms. The number of aliphatic hydroxyl groups excluding tert-OH is 1. The van der Waals surface area contributed by atoms with E-state index in [1.54, 1.807) is 24.1 Å². The normalized spacial score (nSPS) is 23.6. The van der Waals surface area contributed by atoms with Crippen LogP contribution in [0.1, 0.15) is 75.7 Å². The summed E-state index contributed by atoms with van der Waals surface area (Å²) in [6, 6.07) is 22.7. The first-order chi connectivity index (χ1) is 26.3. The number of hydrogen-bond acceptors (Lipinski definition) is 6. The van der Waals surface area contributed by atoms with Crippen molar-refractivity contribution < 1.29 is 29.0 Å². The predicted octanol–water partition coefficient (Wildman–Crippen LogP) is 7.58. The van der Waals surface area contributed by atoms with Crippen LogP contribution in [0.3, 0.4) is 0 Å². The van der Waals surface area contributed by atoms with Gasteiger partial charge in [0.25, 0.3) is 11.8 Å². The van der Waals surface area contributed by atoms with E-state index in [1.165, 1.54) is 16.3 Å². The number of carbonyl (C=O) groups excluding carboxylic acids is 3. The van der Waals surface area contributed by atoms with Gasteiger partial charge in [0.05, 0.1) is 46.0 Å². The number of fused-ring (bicyclic) bond motifs is 2. The molecule has 0 unspecified atom stereocenters. The van der Waals surface area contributed by atoms with E-state index in [2.05, 4.69) is 70.4 Å². The largest absolute Gasteiger partial charge is 0.497 e. The summed E-state index contributed by atoms with van der Waals surface area (Å²) < 4.78 is 12.8. The lowest BCUT2D eigenvalue weighted by molar-refractivity contribution is -0.149. The number of allylic oxidation sites excluding steroid dienone is 3. The van der Waals surface area contributed by atoms with Crippen molar-refractivity contribution in [1.29, 1.82) is 0 Å². The van der Waals surface area contributed by atoms with E-state index in [-0.39, 0.29) is 48.3 Å². The molecule has 0 aliphatic carbocycles. The summed E-state index contributed by atoms with van der Waals surface area (Å²) in [6.45, 7) is 13.9. The Morgan fingerprint density at radius 2 is 1.76 bits per heavy atom. The van der Waals surface area contributed by atoms with Crippen LogP contribution < -0.4 is 20.1 Å². The van der Waals surface area contributed by atoms with Gasteiger partial charge in [-0.2, -0.15) is 0 Å². The van der Waals surface area contributed by atoms with Crippen molar-refractivity contribution in [3.63, 3.8) is 0 Å². The summed E-state index contributed by atoms with van der Waals surface area (Å²) in [7, 11) is -0.858. The van der Waals surface area contributed by atoms with Crippen LogP contribution in [0.2, 0.25) is 18.6 Å². The minimum Gasteiger partial charge on any atom is -0.497 e. The molecule has 6 rings (SSSR count). The first-order valence-corrected chi connectivity index (χ1v) is 22.7. The molecular weight excluding hydrogens is 707 g/mol. The van der Waals surface area contributed by atoms with Gasteiger partial charge in [0.2, 0.25) is 5.91 Å². The quantitative estimate of drug-likeness (QED) is 0.137. The highest BCUT2D eigenvalue weighted by atomic mass is 28.3. The van der Waals surface area contributed by atoms with E-state index < -0.39 is 19.8 Å². The van der Waals surface area contributed by atoms with Gasteiger partial charge in [-0.1, -0.05) is 78.8 Å². The van der Waals surface area contributed by atoms with Crippen LogP contribution in [0.5, 0.6) is 5.75 Å². The predicted molar refractivity (Wildman–Crippen MR) is 222 cm³/mol. The Bertz CT molecular complexity index is 1940. The monoisotopic (exact) mass is 763 g/mol. The van der Waals surface area contributed by atoms with Crippen molar-refractivity contribution >= 4 is 42.4 Å². The summed E-state index contributed by atoms with van der Waals surface area (Å²) >= 11 is 0. The number of aliphatic hydroxyl groups is 1. The topological polar surface area (TPSA) is 108 Å². The van der Waals surface area contributed by atoms with Gasteiger partial charge in [0, 0.05) is 35.8 Å². The number of likely N-dealkylation sites (tertiary alicyclic amines) is 1. The molecule has 0 radical (unpaired) electrons. The molecule has 2 fully saturated rings. The van der Waals surface area contributed by atoms with Crippen molar-refractivity contribution in [2.24, 2.45) is 5.92 Å². The van der Waals surface area contributed by atoms with Gasteiger partial charge in [-0.25, -0.2) is 0 Å². The minimum absolute atomic E-state index is 0.0587. The fourth-order valence-corrected chi connectivity index (χ4v) is 13.2. The molecule has 2 saturated heterocycles. The molecule has 3 aliphatic heterocycles. The molecule has 292 valence electrons. The van der Waals surface area contributed by atoms with Crippen LogP contribution >= 0.6 is 0 Å². The molecule has 3 aromatic carbocycles. The number of methoxy groups -OCH3 is 1. The van der Waals surface area contributed by atoms with Gasteiger partial charge in [0.15, 0.2) is 5.60 Å². The molecule has 5 atom stereocenters. The van der Waals surface area contributed by atoms with Crippen molar-refractivity contribution in [3.8, 4) is 5.75 Å². The Labute approximate surface area is 327 Å². The van der Waals surface area contributed by atoms with Crippen molar-refractivity contribution in [2.45, 2.75) is 96.2 Å². The molecule has 9 nitrogen and oxygen atoms in total. The number of hydrogen-bond donors (Lipinski definition) is 2. The number of rotatable bonds is 13. The van der Waals surface area contributed by atoms with Crippen molar-refractivity contribution in [2.75, 3.05) is 37.0 Å². The fraction of sp³-hybridized carbons (Fsp3) is 0.444. The van der Waals surface area contributed by atoms with Crippen LogP contribution in [0.4, 0.5) is 11.4 Å². The fourth-order valence-electron chi connectivity index (χ4n) is 9.15. The van der Waals surface area contributed by atoms with E-state index in [0.717, 1.165) is 37.1 Å². The SMILES string of the molecule is COc1ccc([Si](C)(C)[C@H]2[C@H](CC(=O)N3CCC[C@H]3CO)O[C@@]3(C(=O)N(C/C=C(\C)CCC=C(C)C)c4ccc(NC(=O)c5ccccc5)cc43)[C@@H]2C)cc1. The van der Waals surface area contributed by atoms with Crippen LogP contribution in [-0.4, -0.2) is 74.8 Å². The Morgan fingerprint density at radius 3 is 2.44 bits per heavy atom. The van der Waals surface area contributed by atoms with Gasteiger partial charge in [-0.05, 0) is 94.5 Å². The smallest absolute Gasteiger partial charge is 0.264 e. The number of anilines is 2. The van der Waals surface area contributed by atoms with Gasteiger partial charge in [-0.3, -0.25) is 14.4 Å². The van der Waals surface area contributed by atoms with E-state index in [4.69, 9.17) is 9.47 Å². The molecular formula is C45H57N3O6Si.